The largest absolute Gasteiger partial charge is 0.351 e. The number of carbonyl (C=O) groups is 2. The zero-order valence-corrected chi connectivity index (χ0v) is 14.4. The summed E-state index contributed by atoms with van der Waals surface area (Å²) in [6.07, 6.45) is 5.98. The highest BCUT2D eigenvalue weighted by Gasteiger charge is 2.19. The Kier molecular flexibility index (Phi) is 5.71. The van der Waals surface area contributed by atoms with E-state index in [0.29, 0.717) is 13.0 Å². The summed E-state index contributed by atoms with van der Waals surface area (Å²) in [5, 5.41) is 12.6. The second-order valence-corrected chi connectivity index (χ2v) is 6.59. The minimum Gasteiger partial charge on any atom is -0.351 e. The first-order valence-corrected chi connectivity index (χ1v) is 9.03. The van der Waals surface area contributed by atoms with E-state index in [9.17, 15) is 9.59 Å². The van der Waals surface area contributed by atoms with Gasteiger partial charge in [-0.25, -0.2) is 5.48 Å². The summed E-state index contributed by atoms with van der Waals surface area (Å²) in [6, 6.07) is 8.27. The van der Waals surface area contributed by atoms with Gasteiger partial charge in [-0.3, -0.25) is 14.8 Å². The maximum Gasteiger partial charge on any atom is 0.267 e. The lowest BCUT2D eigenvalue weighted by molar-refractivity contribution is -0.129. The van der Waals surface area contributed by atoms with Crippen molar-refractivity contribution in [3.63, 3.8) is 0 Å². The van der Waals surface area contributed by atoms with E-state index in [1.807, 2.05) is 6.07 Å². The Morgan fingerprint density at radius 3 is 2.84 bits per heavy atom. The Labute approximate surface area is 147 Å². The maximum absolute atomic E-state index is 12.5. The number of hydroxylamine groups is 1. The van der Waals surface area contributed by atoms with E-state index in [4.69, 9.17) is 5.21 Å². The topological polar surface area (TPSA) is 83.4 Å². The molecule has 3 N–H and O–H groups in total. The monoisotopic (exact) mass is 343 g/mol. The second kappa shape index (κ2) is 8.16. The van der Waals surface area contributed by atoms with Gasteiger partial charge >= 0.3 is 0 Å². The fourth-order valence-electron chi connectivity index (χ4n) is 3.56. The molecular weight excluding hydrogens is 318 g/mol. The molecule has 2 heterocycles. The fraction of sp³-hybridized carbons (Fsp3) is 0.474. The van der Waals surface area contributed by atoms with Crippen molar-refractivity contribution in [2.75, 3.05) is 6.54 Å². The molecule has 0 bridgehead atoms. The van der Waals surface area contributed by atoms with Crippen molar-refractivity contribution in [2.45, 2.75) is 51.5 Å². The van der Waals surface area contributed by atoms with Crippen molar-refractivity contribution in [1.29, 1.82) is 0 Å². The third-order valence-electron chi connectivity index (χ3n) is 4.81. The Hall–Kier alpha value is -2.34. The van der Waals surface area contributed by atoms with Gasteiger partial charge < -0.3 is 9.88 Å². The van der Waals surface area contributed by atoms with Crippen molar-refractivity contribution in [2.24, 2.45) is 0 Å². The van der Waals surface area contributed by atoms with Gasteiger partial charge in [0, 0.05) is 24.9 Å². The van der Waals surface area contributed by atoms with E-state index in [1.165, 1.54) is 11.1 Å². The highest BCUT2D eigenvalue weighted by atomic mass is 16.5. The fourth-order valence-corrected chi connectivity index (χ4v) is 3.56. The molecule has 0 radical (unpaired) electrons. The molecule has 1 aliphatic rings. The van der Waals surface area contributed by atoms with E-state index < -0.39 is 0 Å². The Morgan fingerprint density at radius 2 is 2.00 bits per heavy atom. The number of aryl methyl sites for hydroxylation is 2. The van der Waals surface area contributed by atoms with Crippen LogP contribution in [0.15, 0.2) is 24.3 Å². The minimum atomic E-state index is -0.345. The van der Waals surface area contributed by atoms with Gasteiger partial charge in [0.05, 0.1) is 5.52 Å². The minimum absolute atomic E-state index is 0.0105. The summed E-state index contributed by atoms with van der Waals surface area (Å²) in [4.78, 5) is 23.4. The standard InChI is InChI=1S/C19H25N3O3/c23-17(21-25)10-3-1-2-4-11-20-19(24)16-13-15-8-5-7-14-9-6-12-22(16)18(14)15/h5,7-8,13,25H,1-4,6,9-12H2,(H,20,24)(H,21,23). The third-order valence-corrected chi connectivity index (χ3v) is 4.81. The summed E-state index contributed by atoms with van der Waals surface area (Å²) in [7, 11) is 0. The molecule has 25 heavy (non-hydrogen) atoms. The lowest BCUT2D eigenvalue weighted by Gasteiger charge is -2.17. The first-order valence-electron chi connectivity index (χ1n) is 9.03. The Balaban J connectivity index is 1.49. The molecule has 0 fully saturated rings. The van der Waals surface area contributed by atoms with Crippen LogP contribution >= 0.6 is 0 Å². The zero-order valence-electron chi connectivity index (χ0n) is 14.4. The predicted molar refractivity (Wildman–Crippen MR) is 95.6 cm³/mol. The first-order chi connectivity index (χ1) is 12.2. The summed E-state index contributed by atoms with van der Waals surface area (Å²) >= 11 is 0. The zero-order chi connectivity index (χ0) is 17.6. The van der Waals surface area contributed by atoms with Gasteiger partial charge in [-0.05, 0) is 37.3 Å². The van der Waals surface area contributed by atoms with E-state index >= 15 is 0 Å². The number of para-hydroxylation sites is 1. The molecule has 3 rings (SSSR count). The number of rotatable bonds is 8. The van der Waals surface area contributed by atoms with Crippen molar-refractivity contribution < 1.29 is 14.8 Å². The smallest absolute Gasteiger partial charge is 0.267 e. The molecule has 0 aliphatic carbocycles. The molecule has 2 aromatic rings. The molecule has 2 amide bonds. The van der Waals surface area contributed by atoms with Crippen LogP contribution in [0.25, 0.3) is 10.9 Å². The molecule has 1 aromatic heterocycles. The molecule has 1 aliphatic heterocycles. The number of hydrogen-bond acceptors (Lipinski definition) is 3. The number of hydrogen-bond donors (Lipinski definition) is 3. The van der Waals surface area contributed by atoms with Crippen LogP contribution in [0.2, 0.25) is 0 Å². The number of aromatic nitrogens is 1. The number of unbranched alkanes of at least 4 members (excludes halogenated alkanes) is 3. The van der Waals surface area contributed by atoms with Crippen LogP contribution < -0.4 is 10.8 Å². The Bertz CT molecular complexity index is 767. The average molecular weight is 343 g/mol. The van der Waals surface area contributed by atoms with Gasteiger partial charge in [0.2, 0.25) is 5.91 Å². The van der Waals surface area contributed by atoms with Gasteiger partial charge in [-0.15, -0.1) is 0 Å². The van der Waals surface area contributed by atoms with Crippen LogP contribution in [0.5, 0.6) is 0 Å². The molecule has 1 aromatic carbocycles. The highest BCUT2D eigenvalue weighted by Crippen LogP contribution is 2.28. The molecule has 0 atom stereocenters. The first kappa shape index (κ1) is 17.5. The predicted octanol–water partition coefficient (Wildman–Crippen LogP) is 2.77. The molecule has 6 heteroatoms. The molecule has 6 nitrogen and oxygen atoms in total. The van der Waals surface area contributed by atoms with Crippen molar-refractivity contribution >= 4 is 22.7 Å². The quantitative estimate of drug-likeness (QED) is 0.391. The SMILES string of the molecule is O=C(CCCCCCNC(=O)c1cc2cccc3c2n1CCC3)NO. The van der Waals surface area contributed by atoms with Crippen LogP contribution in [0.4, 0.5) is 0 Å². The average Bonchev–Trinajstić information content (AvgIpc) is 3.01. The van der Waals surface area contributed by atoms with Crippen LogP contribution in [0.3, 0.4) is 0 Å². The van der Waals surface area contributed by atoms with Crippen LogP contribution in [-0.4, -0.2) is 28.1 Å². The third kappa shape index (κ3) is 4.02. The summed E-state index contributed by atoms with van der Waals surface area (Å²) in [5.41, 5.74) is 4.92. The number of nitrogens with zero attached hydrogens (tertiary/aromatic N) is 1. The highest BCUT2D eigenvalue weighted by molar-refractivity contribution is 5.99. The van der Waals surface area contributed by atoms with E-state index in [2.05, 4.69) is 28.1 Å². The van der Waals surface area contributed by atoms with Crippen LogP contribution in [0, 0.1) is 0 Å². The van der Waals surface area contributed by atoms with Crippen LogP contribution in [-0.2, 0) is 17.8 Å². The summed E-state index contributed by atoms with van der Waals surface area (Å²) < 4.78 is 2.15. The molecule has 0 saturated carbocycles. The Morgan fingerprint density at radius 1 is 1.16 bits per heavy atom. The molecule has 0 spiro atoms. The number of benzene rings is 1. The van der Waals surface area contributed by atoms with E-state index in [1.54, 1.807) is 5.48 Å². The molecular formula is C19H25N3O3. The number of amides is 2. The summed E-state index contributed by atoms with van der Waals surface area (Å²) in [6.45, 7) is 1.54. The number of nitrogens with one attached hydrogen (secondary N) is 2. The van der Waals surface area contributed by atoms with Crippen molar-refractivity contribution in [3.8, 4) is 0 Å². The molecule has 0 saturated heterocycles. The van der Waals surface area contributed by atoms with Gasteiger partial charge in [0.1, 0.15) is 5.69 Å². The van der Waals surface area contributed by atoms with Crippen molar-refractivity contribution in [1.82, 2.24) is 15.4 Å². The van der Waals surface area contributed by atoms with Gasteiger partial charge in [-0.1, -0.05) is 31.0 Å². The maximum atomic E-state index is 12.5. The second-order valence-electron chi connectivity index (χ2n) is 6.59. The van der Waals surface area contributed by atoms with Crippen molar-refractivity contribution in [3.05, 3.63) is 35.5 Å². The summed E-state index contributed by atoms with van der Waals surface area (Å²) in [5.74, 6) is -0.356. The van der Waals surface area contributed by atoms with Crippen LogP contribution in [0.1, 0.15) is 54.6 Å². The molecule has 134 valence electrons. The molecule has 0 unspecified atom stereocenters. The van der Waals surface area contributed by atoms with Gasteiger partial charge in [-0.2, -0.15) is 0 Å². The lowest BCUT2D eigenvalue weighted by atomic mass is 10.0. The van der Waals surface area contributed by atoms with Gasteiger partial charge in [0.15, 0.2) is 0 Å². The van der Waals surface area contributed by atoms with E-state index in [-0.39, 0.29) is 11.8 Å². The van der Waals surface area contributed by atoms with Gasteiger partial charge in [0.25, 0.3) is 5.91 Å². The normalized spacial score (nSPS) is 13.0. The lowest BCUT2D eigenvalue weighted by Crippen LogP contribution is -2.27. The van der Waals surface area contributed by atoms with E-state index in [0.717, 1.165) is 56.1 Å². The number of carbonyl (C=O) groups excluding carboxylic acids is 2.